The van der Waals surface area contributed by atoms with Crippen molar-refractivity contribution in [3.63, 3.8) is 0 Å². The fourth-order valence-electron chi connectivity index (χ4n) is 2.30. The van der Waals surface area contributed by atoms with Crippen LogP contribution in [0, 0.1) is 6.92 Å². The summed E-state index contributed by atoms with van der Waals surface area (Å²) in [5.74, 6) is -0.228. The van der Waals surface area contributed by atoms with E-state index in [2.05, 4.69) is 5.32 Å². The first-order valence-corrected chi connectivity index (χ1v) is 9.12. The molecule has 2 aromatic rings. The van der Waals surface area contributed by atoms with Crippen LogP contribution in [0.2, 0.25) is 0 Å². The molecule has 2 rings (SSSR count). The van der Waals surface area contributed by atoms with Crippen molar-refractivity contribution in [1.29, 1.82) is 0 Å². The molecule has 0 saturated heterocycles. The number of carbonyl (C=O) groups is 1. The highest BCUT2D eigenvalue weighted by Gasteiger charge is 2.15. The molecule has 122 valence electrons. The maximum atomic E-state index is 12.3. The third kappa shape index (κ3) is 4.10. The Morgan fingerprint density at radius 1 is 1.09 bits per heavy atom. The Balaban J connectivity index is 2.19. The predicted octanol–water partition coefficient (Wildman–Crippen LogP) is 3.03. The molecule has 1 amide bonds. The minimum atomic E-state index is -3.32. The Morgan fingerprint density at radius 2 is 1.70 bits per heavy atom. The van der Waals surface area contributed by atoms with Crippen LogP contribution in [0.3, 0.4) is 0 Å². The van der Waals surface area contributed by atoms with Crippen molar-refractivity contribution in [3.8, 4) is 0 Å². The van der Waals surface area contributed by atoms with Crippen molar-refractivity contribution < 1.29 is 13.2 Å². The zero-order chi connectivity index (χ0) is 17.0. The van der Waals surface area contributed by atoms with E-state index in [1.807, 2.05) is 31.2 Å². The SMILES string of the molecule is CCN(c1ccc(C(=O)Nc2ccccc2C)cc1)S(C)(=O)=O. The van der Waals surface area contributed by atoms with Gasteiger partial charge >= 0.3 is 0 Å². The summed E-state index contributed by atoms with van der Waals surface area (Å²) in [5, 5.41) is 2.85. The van der Waals surface area contributed by atoms with Crippen molar-refractivity contribution in [1.82, 2.24) is 0 Å². The van der Waals surface area contributed by atoms with Crippen LogP contribution in [0.25, 0.3) is 0 Å². The molecule has 0 bridgehead atoms. The van der Waals surface area contributed by atoms with Gasteiger partial charge in [0, 0.05) is 17.8 Å². The maximum Gasteiger partial charge on any atom is 0.255 e. The maximum absolute atomic E-state index is 12.3. The van der Waals surface area contributed by atoms with E-state index in [4.69, 9.17) is 0 Å². The first-order chi connectivity index (χ1) is 10.8. The van der Waals surface area contributed by atoms with E-state index < -0.39 is 10.0 Å². The number of aryl methyl sites for hydroxylation is 1. The van der Waals surface area contributed by atoms with E-state index in [0.29, 0.717) is 17.8 Å². The minimum Gasteiger partial charge on any atom is -0.322 e. The van der Waals surface area contributed by atoms with Crippen LogP contribution in [-0.4, -0.2) is 27.1 Å². The van der Waals surface area contributed by atoms with Crippen molar-refractivity contribution in [2.75, 3.05) is 22.4 Å². The molecule has 1 N–H and O–H groups in total. The van der Waals surface area contributed by atoms with Gasteiger partial charge in [0.05, 0.1) is 11.9 Å². The summed E-state index contributed by atoms with van der Waals surface area (Å²) in [6.07, 6.45) is 1.16. The molecular formula is C17H20N2O3S. The first kappa shape index (κ1) is 17.0. The second-order valence-electron chi connectivity index (χ2n) is 5.24. The Morgan fingerprint density at radius 3 is 2.22 bits per heavy atom. The average molecular weight is 332 g/mol. The molecule has 0 fully saturated rings. The van der Waals surface area contributed by atoms with Gasteiger partial charge in [-0.05, 0) is 49.7 Å². The number of amides is 1. The van der Waals surface area contributed by atoms with Crippen LogP contribution < -0.4 is 9.62 Å². The van der Waals surface area contributed by atoms with Gasteiger partial charge in [-0.15, -0.1) is 0 Å². The third-order valence-electron chi connectivity index (χ3n) is 3.50. The van der Waals surface area contributed by atoms with Crippen LogP contribution >= 0.6 is 0 Å². The number of benzene rings is 2. The Hall–Kier alpha value is -2.34. The predicted molar refractivity (Wildman–Crippen MR) is 93.4 cm³/mol. The lowest BCUT2D eigenvalue weighted by Crippen LogP contribution is -2.29. The molecule has 0 aliphatic rings. The van der Waals surface area contributed by atoms with E-state index in [1.165, 1.54) is 4.31 Å². The molecule has 0 aliphatic heterocycles. The van der Waals surface area contributed by atoms with Crippen LogP contribution in [0.4, 0.5) is 11.4 Å². The normalized spacial score (nSPS) is 11.1. The lowest BCUT2D eigenvalue weighted by Gasteiger charge is -2.20. The molecule has 0 saturated carbocycles. The van der Waals surface area contributed by atoms with E-state index in [1.54, 1.807) is 31.2 Å². The highest BCUT2D eigenvalue weighted by atomic mass is 32.2. The fourth-order valence-corrected chi connectivity index (χ4v) is 3.27. The van der Waals surface area contributed by atoms with Gasteiger partial charge in [-0.3, -0.25) is 9.10 Å². The summed E-state index contributed by atoms with van der Waals surface area (Å²) in [4.78, 5) is 12.3. The van der Waals surface area contributed by atoms with E-state index >= 15 is 0 Å². The number of anilines is 2. The van der Waals surface area contributed by atoms with Crippen molar-refractivity contribution >= 4 is 27.3 Å². The molecule has 23 heavy (non-hydrogen) atoms. The van der Waals surface area contributed by atoms with Gasteiger partial charge in [0.25, 0.3) is 5.91 Å². The summed E-state index contributed by atoms with van der Waals surface area (Å²) in [6, 6.07) is 14.0. The van der Waals surface area contributed by atoms with Crippen molar-refractivity contribution in [2.24, 2.45) is 0 Å². The van der Waals surface area contributed by atoms with Crippen molar-refractivity contribution in [2.45, 2.75) is 13.8 Å². The Bertz CT molecular complexity index is 799. The quantitative estimate of drug-likeness (QED) is 0.915. The zero-order valence-electron chi connectivity index (χ0n) is 13.4. The molecule has 0 aliphatic carbocycles. The molecule has 5 nitrogen and oxygen atoms in total. The second-order valence-corrected chi connectivity index (χ2v) is 7.15. The number of carbonyl (C=O) groups excluding carboxylic acids is 1. The van der Waals surface area contributed by atoms with Gasteiger partial charge in [0.2, 0.25) is 10.0 Å². The molecule has 6 heteroatoms. The average Bonchev–Trinajstić information content (AvgIpc) is 2.49. The molecule has 0 spiro atoms. The number of para-hydroxylation sites is 1. The lowest BCUT2D eigenvalue weighted by atomic mass is 10.1. The van der Waals surface area contributed by atoms with Gasteiger partial charge in [-0.25, -0.2) is 8.42 Å². The molecule has 0 heterocycles. The highest BCUT2D eigenvalue weighted by Crippen LogP contribution is 2.19. The Labute approximate surface area is 137 Å². The number of sulfonamides is 1. The first-order valence-electron chi connectivity index (χ1n) is 7.27. The summed E-state index contributed by atoms with van der Waals surface area (Å²) >= 11 is 0. The molecule has 0 atom stereocenters. The number of hydrogen-bond acceptors (Lipinski definition) is 3. The number of nitrogens with one attached hydrogen (secondary N) is 1. The summed E-state index contributed by atoms with van der Waals surface area (Å²) in [7, 11) is -3.32. The lowest BCUT2D eigenvalue weighted by molar-refractivity contribution is 0.102. The van der Waals surface area contributed by atoms with Gasteiger partial charge in [0.15, 0.2) is 0 Å². The molecule has 0 radical (unpaired) electrons. The summed E-state index contributed by atoms with van der Waals surface area (Å²) < 4.78 is 24.7. The topological polar surface area (TPSA) is 66.5 Å². The molecule has 2 aromatic carbocycles. The molecule has 0 unspecified atom stereocenters. The standard InChI is InChI=1S/C17H20N2O3S/c1-4-19(23(3,21)22)15-11-9-14(10-12-15)17(20)18-16-8-6-5-7-13(16)2/h5-12H,4H2,1-3H3,(H,18,20). The number of rotatable bonds is 5. The van der Waals surface area contributed by atoms with Crippen LogP contribution in [0.15, 0.2) is 48.5 Å². The van der Waals surface area contributed by atoms with Crippen LogP contribution in [-0.2, 0) is 10.0 Å². The molecule has 0 aromatic heterocycles. The Kier molecular flexibility index (Phi) is 5.05. The third-order valence-corrected chi connectivity index (χ3v) is 4.77. The smallest absolute Gasteiger partial charge is 0.255 e. The highest BCUT2D eigenvalue weighted by molar-refractivity contribution is 7.92. The van der Waals surface area contributed by atoms with Gasteiger partial charge in [0.1, 0.15) is 0 Å². The fraction of sp³-hybridized carbons (Fsp3) is 0.235. The van der Waals surface area contributed by atoms with Crippen LogP contribution in [0.5, 0.6) is 0 Å². The number of nitrogens with zero attached hydrogens (tertiary/aromatic N) is 1. The summed E-state index contributed by atoms with van der Waals surface area (Å²) in [6.45, 7) is 4.03. The van der Waals surface area contributed by atoms with Gasteiger partial charge < -0.3 is 5.32 Å². The number of hydrogen-bond donors (Lipinski definition) is 1. The minimum absolute atomic E-state index is 0.228. The summed E-state index contributed by atoms with van der Waals surface area (Å²) in [5.41, 5.74) is 2.75. The van der Waals surface area contributed by atoms with Crippen LogP contribution in [0.1, 0.15) is 22.8 Å². The molecular weight excluding hydrogens is 312 g/mol. The van der Waals surface area contributed by atoms with Gasteiger partial charge in [-0.2, -0.15) is 0 Å². The van der Waals surface area contributed by atoms with Crippen molar-refractivity contribution in [3.05, 3.63) is 59.7 Å². The van der Waals surface area contributed by atoms with E-state index in [0.717, 1.165) is 17.5 Å². The van der Waals surface area contributed by atoms with E-state index in [-0.39, 0.29) is 5.91 Å². The van der Waals surface area contributed by atoms with E-state index in [9.17, 15) is 13.2 Å². The van der Waals surface area contributed by atoms with Gasteiger partial charge in [-0.1, -0.05) is 18.2 Å². The second kappa shape index (κ2) is 6.83. The monoisotopic (exact) mass is 332 g/mol. The zero-order valence-corrected chi connectivity index (χ0v) is 14.2. The largest absolute Gasteiger partial charge is 0.322 e.